The molecular formula is C24H27ClFN7O. The highest BCUT2D eigenvalue weighted by molar-refractivity contribution is 6.32. The summed E-state index contributed by atoms with van der Waals surface area (Å²) >= 11 is 6.22. The molecule has 1 saturated carbocycles. The van der Waals surface area contributed by atoms with Crippen LogP contribution in [0.4, 0.5) is 27.7 Å². The minimum Gasteiger partial charge on any atom is -0.342 e. The lowest BCUT2D eigenvalue weighted by molar-refractivity contribution is -0.133. The predicted octanol–water partition coefficient (Wildman–Crippen LogP) is 5.21. The van der Waals surface area contributed by atoms with Gasteiger partial charge >= 0.3 is 0 Å². The Morgan fingerprint density at radius 1 is 1.15 bits per heavy atom. The van der Waals surface area contributed by atoms with Crippen LogP contribution in [-0.2, 0) is 4.79 Å². The van der Waals surface area contributed by atoms with E-state index in [9.17, 15) is 4.79 Å². The van der Waals surface area contributed by atoms with Crippen molar-refractivity contribution in [2.45, 2.75) is 45.4 Å². The van der Waals surface area contributed by atoms with Crippen molar-refractivity contribution in [2.24, 2.45) is 5.92 Å². The fourth-order valence-corrected chi connectivity index (χ4v) is 4.61. The standard InChI is InChI=1S/C24H27ClFN7O/c1-13-9-20(28-24-27-12-18(25)22(30-24)29-21-10-14(2)31-32-21)19(26)11-17(13)15-5-7-33(8-6-15)23(34)16-3-4-16/h9-12,15-16H,3-8H2,1-2H3,(H3,27,28,29,30,31,32). The summed E-state index contributed by atoms with van der Waals surface area (Å²) in [4.78, 5) is 22.9. The van der Waals surface area contributed by atoms with Crippen LogP contribution in [0.15, 0.2) is 24.4 Å². The van der Waals surface area contributed by atoms with E-state index in [1.54, 1.807) is 12.1 Å². The predicted molar refractivity (Wildman–Crippen MR) is 129 cm³/mol. The second-order valence-electron chi connectivity index (χ2n) is 9.14. The Kier molecular flexibility index (Phi) is 6.12. The number of nitrogens with zero attached hydrogens (tertiary/aromatic N) is 4. The van der Waals surface area contributed by atoms with Crippen LogP contribution in [-0.4, -0.2) is 44.1 Å². The third kappa shape index (κ3) is 4.84. The first-order valence-corrected chi connectivity index (χ1v) is 11.9. The smallest absolute Gasteiger partial charge is 0.229 e. The van der Waals surface area contributed by atoms with E-state index in [1.807, 2.05) is 24.8 Å². The number of halogens is 2. The summed E-state index contributed by atoms with van der Waals surface area (Å²) in [5.41, 5.74) is 3.18. The van der Waals surface area contributed by atoms with Crippen molar-refractivity contribution < 1.29 is 9.18 Å². The van der Waals surface area contributed by atoms with Crippen LogP contribution in [0.2, 0.25) is 5.02 Å². The van der Waals surface area contributed by atoms with Crippen LogP contribution in [0.1, 0.15) is 48.4 Å². The molecule has 1 aromatic carbocycles. The number of hydrogen-bond donors (Lipinski definition) is 3. The van der Waals surface area contributed by atoms with Crippen LogP contribution in [0, 0.1) is 25.6 Å². The number of hydrogen-bond acceptors (Lipinski definition) is 6. The summed E-state index contributed by atoms with van der Waals surface area (Å²) in [6, 6.07) is 5.20. The third-order valence-electron chi connectivity index (χ3n) is 6.47. The molecule has 3 aromatic rings. The van der Waals surface area contributed by atoms with Gasteiger partial charge in [-0.3, -0.25) is 9.89 Å². The molecule has 1 aliphatic heterocycles. The number of piperidine rings is 1. The highest BCUT2D eigenvalue weighted by Gasteiger charge is 2.35. The Labute approximate surface area is 202 Å². The first-order valence-electron chi connectivity index (χ1n) is 11.5. The normalized spacial score (nSPS) is 16.5. The summed E-state index contributed by atoms with van der Waals surface area (Å²) in [5, 5.41) is 13.3. The largest absolute Gasteiger partial charge is 0.342 e. The van der Waals surface area contributed by atoms with E-state index in [0.717, 1.165) is 55.6 Å². The third-order valence-corrected chi connectivity index (χ3v) is 6.75. The first kappa shape index (κ1) is 22.6. The van der Waals surface area contributed by atoms with E-state index in [2.05, 4.69) is 30.8 Å². The van der Waals surface area contributed by atoms with Crippen molar-refractivity contribution in [3.63, 3.8) is 0 Å². The minimum absolute atomic E-state index is 0.220. The molecule has 0 unspecified atom stereocenters. The molecular weight excluding hydrogens is 457 g/mol. The van der Waals surface area contributed by atoms with Gasteiger partial charge in [0.25, 0.3) is 0 Å². The number of benzene rings is 1. The van der Waals surface area contributed by atoms with Gasteiger partial charge in [-0.25, -0.2) is 9.37 Å². The van der Waals surface area contributed by atoms with Gasteiger partial charge in [-0.05, 0) is 68.7 Å². The molecule has 8 nitrogen and oxygen atoms in total. The number of likely N-dealkylation sites (tertiary alicyclic amines) is 1. The van der Waals surface area contributed by atoms with Gasteiger partial charge in [0.1, 0.15) is 10.8 Å². The summed E-state index contributed by atoms with van der Waals surface area (Å²) < 4.78 is 15.1. The molecule has 0 radical (unpaired) electrons. The van der Waals surface area contributed by atoms with Crippen molar-refractivity contribution >= 4 is 40.8 Å². The summed E-state index contributed by atoms with van der Waals surface area (Å²) in [6.07, 6.45) is 5.21. The Morgan fingerprint density at radius 2 is 1.91 bits per heavy atom. The van der Waals surface area contributed by atoms with E-state index in [-0.39, 0.29) is 23.6 Å². The molecule has 2 aromatic heterocycles. The van der Waals surface area contributed by atoms with Gasteiger partial charge in [0.15, 0.2) is 11.6 Å². The second kappa shape index (κ2) is 9.21. The van der Waals surface area contributed by atoms with E-state index in [4.69, 9.17) is 11.6 Å². The fourth-order valence-electron chi connectivity index (χ4n) is 4.47. The van der Waals surface area contributed by atoms with Crippen molar-refractivity contribution in [1.29, 1.82) is 0 Å². The van der Waals surface area contributed by atoms with E-state index < -0.39 is 0 Å². The number of carbonyl (C=O) groups excluding carboxylic acids is 1. The van der Waals surface area contributed by atoms with Crippen molar-refractivity contribution in [3.05, 3.63) is 52.1 Å². The van der Waals surface area contributed by atoms with Crippen molar-refractivity contribution in [1.82, 2.24) is 25.1 Å². The van der Waals surface area contributed by atoms with E-state index >= 15 is 4.39 Å². The minimum atomic E-state index is -0.368. The van der Waals surface area contributed by atoms with Gasteiger partial charge in [0, 0.05) is 30.8 Å². The Morgan fingerprint density at radius 3 is 2.59 bits per heavy atom. The maximum atomic E-state index is 15.1. The molecule has 0 atom stereocenters. The number of H-pyrrole nitrogens is 1. The van der Waals surface area contributed by atoms with Gasteiger partial charge in [0.2, 0.25) is 11.9 Å². The second-order valence-corrected chi connectivity index (χ2v) is 9.55. The number of aromatic nitrogens is 4. The lowest BCUT2D eigenvalue weighted by atomic mass is 9.86. The monoisotopic (exact) mass is 483 g/mol. The van der Waals surface area contributed by atoms with Crippen LogP contribution >= 0.6 is 11.6 Å². The zero-order valence-corrected chi connectivity index (χ0v) is 19.9. The number of rotatable bonds is 6. The first-order chi connectivity index (χ1) is 16.4. The molecule has 3 N–H and O–H groups in total. The quantitative estimate of drug-likeness (QED) is 0.445. The van der Waals surface area contributed by atoms with Crippen LogP contribution in [0.3, 0.4) is 0 Å². The average molecular weight is 484 g/mol. The summed E-state index contributed by atoms with van der Waals surface area (Å²) in [5.74, 6) is 1.57. The number of nitrogens with one attached hydrogen (secondary N) is 3. The van der Waals surface area contributed by atoms with Gasteiger partial charge in [-0.2, -0.15) is 10.1 Å². The lowest BCUT2D eigenvalue weighted by Gasteiger charge is -2.33. The molecule has 5 rings (SSSR count). The zero-order valence-electron chi connectivity index (χ0n) is 19.2. The molecule has 1 aliphatic carbocycles. The number of amides is 1. The molecule has 178 valence electrons. The Bertz CT molecular complexity index is 1220. The maximum Gasteiger partial charge on any atom is 0.229 e. The zero-order chi connectivity index (χ0) is 23.8. The fraction of sp³-hybridized carbons (Fsp3) is 0.417. The molecule has 1 saturated heterocycles. The van der Waals surface area contributed by atoms with E-state index in [1.165, 1.54) is 6.20 Å². The van der Waals surface area contributed by atoms with Crippen molar-refractivity contribution in [2.75, 3.05) is 23.7 Å². The number of anilines is 4. The number of aryl methyl sites for hydroxylation is 2. The van der Waals surface area contributed by atoms with Gasteiger partial charge in [-0.1, -0.05) is 11.6 Å². The molecule has 10 heteroatoms. The van der Waals surface area contributed by atoms with Gasteiger partial charge in [0.05, 0.1) is 11.9 Å². The van der Waals surface area contributed by atoms with Crippen LogP contribution < -0.4 is 10.6 Å². The molecule has 0 spiro atoms. The maximum absolute atomic E-state index is 15.1. The molecule has 3 heterocycles. The Hall–Kier alpha value is -3.20. The molecule has 0 bridgehead atoms. The SMILES string of the molecule is Cc1cc(Nc2nc(Nc3cc(C)c(C4CCN(C(=O)C5CC5)CC4)cc3F)ncc2Cl)n[nH]1. The van der Waals surface area contributed by atoms with Crippen LogP contribution in [0.25, 0.3) is 0 Å². The highest BCUT2D eigenvalue weighted by atomic mass is 35.5. The lowest BCUT2D eigenvalue weighted by Crippen LogP contribution is -2.38. The van der Waals surface area contributed by atoms with Gasteiger partial charge < -0.3 is 15.5 Å². The highest BCUT2D eigenvalue weighted by Crippen LogP contribution is 2.36. The summed E-state index contributed by atoms with van der Waals surface area (Å²) in [6.45, 7) is 5.35. The van der Waals surface area contributed by atoms with Crippen LogP contribution in [0.5, 0.6) is 0 Å². The van der Waals surface area contributed by atoms with Crippen molar-refractivity contribution in [3.8, 4) is 0 Å². The molecule has 34 heavy (non-hydrogen) atoms. The van der Waals surface area contributed by atoms with E-state index in [0.29, 0.717) is 28.3 Å². The summed E-state index contributed by atoms with van der Waals surface area (Å²) in [7, 11) is 0. The van der Waals surface area contributed by atoms with Gasteiger partial charge in [-0.15, -0.1) is 0 Å². The number of carbonyl (C=O) groups is 1. The average Bonchev–Trinajstić information content (AvgIpc) is 3.60. The molecule has 2 aliphatic rings. The number of aromatic amines is 1. The topological polar surface area (TPSA) is 98.8 Å². The molecule has 1 amide bonds. The molecule has 2 fully saturated rings. The Balaban J connectivity index is 1.28.